The van der Waals surface area contributed by atoms with Crippen molar-refractivity contribution in [3.8, 4) is 0 Å². The fourth-order valence-electron chi connectivity index (χ4n) is 1.92. The van der Waals surface area contributed by atoms with Crippen molar-refractivity contribution < 1.29 is 4.79 Å². The van der Waals surface area contributed by atoms with Crippen LogP contribution in [-0.2, 0) is 4.79 Å². The van der Waals surface area contributed by atoms with E-state index in [9.17, 15) is 4.79 Å². The number of hydrogen-bond donors (Lipinski definition) is 2. The molecule has 3 N–H and O–H groups in total. The second-order valence-electron chi connectivity index (χ2n) is 5.39. The molecule has 100 valence electrons. The van der Waals surface area contributed by atoms with Crippen LogP contribution in [0.4, 0.5) is 0 Å². The van der Waals surface area contributed by atoms with E-state index in [0.29, 0.717) is 24.9 Å². The number of hydrogen-bond acceptors (Lipinski definition) is 3. The molecule has 0 spiro atoms. The maximum absolute atomic E-state index is 11.7. The van der Waals surface area contributed by atoms with Gasteiger partial charge in [-0.3, -0.25) is 4.79 Å². The second-order valence-corrected chi connectivity index (χ2v) is 5.39. The first-order valence-corrected chi connectivity index (χ1v) is 6.76. The van der Waals surface area contributed by atoms with Crippen molar-refractivity contribution in [1.29, 1.82) is 0 Å². The van der Waals surface area contributed by atoms with E-state index in [1.165, 1.54) is 0 Å². The van der Waals surface area contributed by atoms with E-state index in [1.54, 1.807) is 0 Å². The van der Waals surface area contributed by atoms with E-state index >= 15 is 0 Å². The Bertz CT molecular complexity index is 241. The Balaban J connectivity index is 2.31. The van der Waals surface area contributed by atoms with Crippen LogP contribution in [0.5, 0.6) is 0 Å². The van der Waals surface area contributed by atoms with Crippen LogP contribution < -0.4 is 11.1 Å². The third-order valence-corrected chi connectivity index (χ3v) is 3.56. The fourth-order valence-corrected chi connectivity index (χ4v) is 1.92. The zero-order valence-corrected chi connectivity index (χ0v) is 11.4. The summed E-state index contributed by atoms with van der Waals surface area (Å²) in [5, 5.41) is 3.02. The van der Waals surface area contributed by atoms with Crippen molar-refractivity contribution in [2.45, 2.75) is 51.6 Å². The summed E-state index contributed by atoms with van der Waals surface area (Å²) >= 11 is 0. The van der Waals surface area contributed by atoms with Gasteiger partial charge >= 0.3 is 0 Å². The smallest absolute Gasteiger partial charge is 0.221 e. The molecule has 1 aliphatic carbocycles. The van der Waals surface area contributed by atoms with E-state index in [-0.39, 0.29) is 11.9 Å². The minimum Gasteiger partial charge on any atom is -0.353 e. The van der Waals surface area contributed by atoms with Crippen LogP contribution in [0, 0.1) is 5.92 Å². The van der Waals surface area contributed by atoms with Gasteiger partial charge in [-0.25, -0.2) is 0 Å². The summed E-state index contributed by atoms with van der Waals surface area (Å²) in [5.41, 5.74) is 5.76. The van der Waals surface area contributed by atoms with Crippen molar-refractivity contribution in [2.24, 2.45) is 11.7 Å². The number of amides is 1. The average Bonchev–Trinajstić information content (AvgIpc) is 3.09. The summed E-state index contributed by atoms with van der Waals surface area (Å²) in [4.78, 5) is 14.0. The Kier molecular flexibility index (Phi) is 5.92. The summed E-state index contributed by atoms with van der Waals surface area (Å²) < 4.78 is 0. The molecular weight excluding hydrogens is 214 g/mol. The third-order valence-electron chi connectivity index (χ3n) is 3.56. The molecule has 4 heteroatoms. The maximum Gasteiger partial charge on any atom is 0.221 e. The van der Waals surface area contributed by atoms with Gasteiger partial charge in [-0.15, -0.1) is 0 Å². The van der Waals surface area contributed by atoms with Crippen LogP contribution in [-0.4, -0.2) is 43.0 Å². The first-order valence-electron chi connectivity index (χ1n) is 6.76. The van der Waals surface area contributed by atoms with Crippen molar-refractivity contribution in [3.05, 3.63) is 0 Å². The SMILES string of the molecule is CCC(C)CN(C)C(CN)CC(=O)NC1CC1. The Morgan fingerprint density at radius 1 is 1.53 bits per heavy atom. The molecule has 1 saturated carbocycles. The lowest BCUT2D eigenvalue weighted by Crippen LogP contribution is -2.43. The number of rotatable bonds is 8. The summed E-state index contributed by atoms with van der Waals surface area (Å²) in [5.74, 6) is 0.805. The number of carbonyl (C=O) groups is 1. The van der Waals surface area contributed by atoms with Crippen LogP contribution in [0.25, 0.3) is 0 Å². The van der Waals surface area contributed by atoms with Gasteiger partial charge in [0, 0.05) is 31.6 Å². The van der Waals surface area contributed by atoms with E-state index in [1.807, 2.05) is 0 Å². The topological polar surface area (TPSA) is 58.4 Å². The molecule has 0 aromatic heterocycles. The fraction of sp³-hybridized carbons (Fsp3) is 0.923. The Labute approximate surface area is 105 Å². The lowest BCUT2D eigenvalue weighted by atomic mass is 10.1. The van der Waals surface area contributed by atoms with Crippen LogP contribution in [0.1, 0.15) is 39.5 Å². The molecule has 0 aromatic carbocycles. The largest absolute Gasteiger partial charge is 0.353 e. The highest BCUT2D eigenvalue weighted by Gasteiger charge is 2.25. The molecular formula is C13H27N3O. The molecule has 0 radical (unpaired) electrons. The summed E-state index contributed by atoms with van der Waals surface area (Å²) in [6.45, 7) is 5.98. The van der Waals surface area contributed by atoms with Gasteiger partial charge in [-0.2, -0.15) is 0 Å². The highest BCUT2D eigenvalue weighted by Crippen LogP contribution is 2.19. The van der Waals surface area contributed by atoms with Crippen molar-refractivity contribution >= 4 is 5.91 Å². The van der Waals surface area contributed by atoms with Gasteiger partial charge in [-0.05, 0) is 25.8 Å². The van der Waals surface area contributed by atoms with Gasteiger partial charge in [0.1, 0.15) is 0 Å². The number of carbonyl (C=O) groups excluding carboxylic acids is 1. The number of nitrogens with two attached hydrogens (primary N) is 1. The minimum atomic E-state index is 0.152. The Morgan fingerprint density at radius 3 is 2.65 bits per heavy atom. The maximum atomic E-state index is 11.7. The Hall–Kier alpha value is -0.610. The van der Waals surface area contributed by atoms with E-state index < -0.39 is 0 Å². The third kappa shape index (κ3) is 5.50. The van der Waals surface area contributed by atoms with Gasteiger partial charge in [0.2, 0.25) is 5.91 Å². The second kappa shape index (κ2) is 6.97. The molecule has 2 unspecified atom stereocenters. The number of nitrogens with one attached hydrogen (secondary N) is 1. The highest BCUT2D eigenvalue weighted by atomic mass is 16.1. The minimum absolute atomic E-state index is 0.152. The zero-order chi connectivity index (χ0) is 12.8. The average molecular weight is 241 g/mol. The molecule has 1 amide bonds. The molecule has 1 fully saturated rings. The van der Waals surface area contributed by atoms with Gasteiger partial charge in [0.15, 0.2) is 0 Å². The normalized spacial score (nSPS) is 19.1. The molecule has 0 bridgehead atoms. The Morgan fingerprint density at radius 2 is 2.18 bits per heavy atom. The summed E-state index contributed by atoms with van der Waals surface area (Å²) in [7, 11) is 2.06. The van der Waals surface area contributed by atoms with Gasteiger partial charge < -0.3 is 16.0 Å². The van der Waals surface area contributed by atoms with E-state index in [4.69, 9.17) is 5.73 Å². The van der Waals surface area contributed by atoms with Gasteiger partial charge in [0.05, 0.1) is 0 Å². The highest BCUT2D eigenvalue weighted by molar-refractivity contribution is 5.77. The van der Waals surface area contributed by atoms with Crippen molar-refractivity contribution in [1.82, 2.24) is 10.2 Å². The van der Waals surface area contributed by atoms with Gasteiger partial charge in [0.25, 0.3) is 0 Å². The predicted molar refractivity (Wildman–Crippen MR) is 70.7 cm³/mol. The summed E-state index contributed by atoms with van der Waals surface area (Å²) in [6, 6.07) is 0.614. The van der Waals surface area contributed by atoms with Crippen LogP contribution in [0.3, 0.4) is 0 Å². The molecule has 0 saturated heterocycles. The molecule has 17 heavy (non-hydrogen) atoms. The summed E-state index contributed by atoms with van der Waals surface area (Å²) in [6.07, 6.45) is 3.97. The van der Waals surface area contributed by atoms with Crippen LogP contribution in [0.15, 0.2) is 0 Å². The van der Waals surface area contributed by atoms with Gasteiger partial charge in [-0.1, -0.05) is 20.3 Å². The van der Waals surface area contributed by atoms with Crippen LogP contribution in [0.2, 0.25) is 0 Å². The standard InChI is InChI=1S/C13H27N3O/c1-4-10(2)9-16(3)12(8-14)7-13(17)15-11-5-6-11/h10-12H,4-9,14H2,1-3H3,(H,15,17). The predicted octanol–water partition coefficient (Wildman–Crippen LogP) is 0.960. The first kappa shape index (κ1) is 14.5. The van der Waals surface area contributed by atoms with E-state index in [0.717, 1.165) is 25.8 Å². The van der Waals surface area contributed by atoms with Crippen LogP contribution >= 0.6 is 0 Å². The lowest BCUT2D eigenvalue weighted by Gasteiger charge is -2.28. The zero-order valence-electron chi connectivity index (χ0n) is 11.4. The molecule has 2 atom stereocenters. The number of nitrogens with zero attached hydrogens (tertiary/aromatic N) is 1. The molecule has 1 aliphatic rings. The molecule has 4 nitrogen and oxygen atoms in total. The first-order chi connectivity index (χ1) is 8.06. The van der Waals surface area contributed by atoms with Crippen molar-refractivity contribution in [3.63, 3.8) is 0 Å². The number of likely N-dealkylation sites (N-methyl/N-ethyl adjacent to an activating group) is 1. The quantitative estimate of drug-likeness (QED) is 0.665. The molecule has 1 rings (SSSR count). The molecule has 0 aromatic rings. The monoisotopic (exact) mass is 241 g/mol. The van der Waals surface area contributed by atoms with Crippen molar-refractivity contribution in [2.75, 3.05) is 20.1 Å². The lowest BCUT2D eigenvalue weighted by molar-refractivity contribution is -0.122. The molecule has 0 aliphatic heterocycles. The van der Waals surface area contributed by atoms with E-state index in [2.05, 4.69) is 31.1 Å². The molecule has 0 heterocycles.